The molecule has 154 valence electrons. The summed E-state index contributed by atoms with van der Waals surface area (Å²) >= 11 is 6.65. The standard InChI is InChI=1S/C21H26N4O2S2/c1-6-14(5)25-20(27)16(29-21(25)28)9-15-18(22-10-12(2)3)23-17-8-7-13(4)11-24(17)19(15)26/h7-9,11-12,14,22H,6,10H2,1-5H3/b16-9-/t14-/m0/s1. The summed E-state index contributed by atoms with van der Waals surface area (Å²) < 4.78 is 2.05. The number of thiocarbonyl (C=S) groups is 1. The topological polar surface area (TPSA) is 66.7 Å². The number of amides is 1. The molecule has 1 amide bonds. The molecule has 0 aliphatic carbocycles. The zero-order valence-corrected chi connectivity index (χ0v) is 19.0. The molecule has 6 nitrogen and oxygen atoms in total. The minimum Gasteiger partial charge on any atom is -0.369 e. The van der Waals surface area contributed by atoms with E-state index in [0.717, 1.165) is 12.0 Å². The van der Waals surface area contributed by atoms with E-state index in [0.29, 0.717) is 38.7 Å². The molecule has 0 radical (unpaired) electrons. The summed E-state index contributed by atoms with van der Waals surface area (Å²) in [6.45, 7) is 10.8. The molecular weight excluding hydrogens is 404 g/mol. The molecule has 1 saturated heterocycles. The SMILES string of the molecule is CC[C@H](C)N1C(=O)/C(=C/c2c(NCC(C)C)nc3ccc(C)cn3c2=O)SC1=S. The number of anilines is 1. The van der Waals surface area contributed by atoms with Crippen molar-refractivity contribution in [2.24, 2.45) is 5.92 Å². The lowest BCUT2D eigenvalue weighted by Crippen LogP contribution is -2.36. The Labute approximate surface area is 180 Å². The number of aromatic nitrogens is 2. The molecule has 0 spiro atoms. The maximum atomic E-state index is 13.3. The fourth-order valence-electron chi connectivity index (χ4n) is 3.00. The molecule has 2 aromatic rings. The van der Waals surface area contributed by atoms with Gasteiger partial charge in [-0.1, -0.05) is 50.8 Å². The van der Waals surface area contributed by atoms with Gasteiger partial charge >= 0.3 is 0 Å². The first-order chi connectivity index (χ1) is 13.7. The highest BCUT2D eigenvalue weighted by Gasteiger charge is 2.35. The van der Waals surface area contributed by atoms with Crippen molar-refractivity contribution >= 4 is 51.7 Å². The molecule has 1 aliphatic heterocycles. The first-order valence-electron chi connectivity index (χ1n) is 9.76. The van der Waals surface area contributed by atoms with Crippen molar-refractivity contribution in [3.8, 4) is 0 Å². The third-order valence-corrected chi connectivity index (χ3v) is 6.14. The van der Waals surface area contributed by atoms with Gasteiger partial charge in [0.2, 0.25) is 0 Å². The molecule has 0 bridgehead atoms. The molecule has 0 unspecified atom stereocenters. The molecule has 3 rings (SSSR count). The molecule has 0 saturated carbocycles. The summed E-state index contributed by atoms with van der Waals surface area (Å²) in [6.07, 6.45) is 4.20. The number of nitrogens with zero attached hydrogens (tertiary/aromatic N) is 3. The van der Waals surface area contributed by atoms with Crippen LogP contribution in [-0.2, 0) is 4.79 Å². The van der Waals surface area contributed by atoms with Crippen LogP contribution in [0.1, 0.15) is 45.2 Å². The van der Waals surface area contributed by atoms with Gasteiger partial charge in [0.05, 0.1) is 10.5 Å². The van der Waals surface area contributed by atoms with E-state index in [1.165, 1.54) is 16.2 Å². The lowest BCUT2D eigenvalue weighted by Gasteiger charge is -2.21. The van der Waals surface area contributed by atoms with Crippen LogP contribution in [0.15, 0.2) is 28.0 Å². The summed E-state index contributed by atoms with van der Waals surface area (Å²) in [4.78, 5) is 32.9. The van der Waals surface area contributed by atoms with Crippen LogP contribution in [0.5, 0.6) is 0 Å². The summed E-state index contributed by atoms with van der Waals surface area (Å²) in [7, 11) is 0. The van der Waals surface area contributed by atoms with Crippen molar-refractivity contribution in [2.45, 2.75) is 47.1 Å². The summed E-state index contributed by atoms with van der Waals surface area (Å²) in [5.41, 5.74) is 1.69. The van der Waals surface area contributed by atoms with Gasteiger partial charge in [0.1, 0.15) is 15.8 Å². The Morgan fingerprint density at radius 1 is 1.28 bits per heavy atom. The quantitative estimate of drug-likeness (QED) is 0.550. The predicted octanol–water partition coefficient (Wildman–Crippen LogP) is 4.07. The van der Waals surface area contributed by atoms with E-state index in [2.05, 4.69) is 24.1 Å². The Hall–Kier alpha value is -2.19. The monoisotopic (exact) mass is 430 g/mol. The molecule has 8 heteroatoms. The largest absolute Gasteiger partial charge is 0.369 e. The normalized spacial score (nSPS) is 17.0. The van der Waals surface area contributed by atoms with Gasteiger partial charge < -0.3 is 5.32 Å². The summed E-state index contributed by atoms with van der Waals surface area (Å²) in [5, 5.41) is 3.27. The van der Waals surface area contributed by atoms with Crippen LogP contribution in [-0.4, -0.2) is 37.1 Å². The van der Waals surface area contributed by atoms with E-state index < -0.39 is 0 Å². The van der Waals surface area contributed by atoms with Crippen molar-refractivity contribution in [2.75, 3.05) is 11.9 Å². The highest BCUT2D eigenvalue weighted by Crippen LogP contribution is 2.34. The first-order valence-corrected chi connectivity index (χ1v) is 11.0. The number of hydrogen-bond donors (Lipinski definition) is 1. The van der Waals surface area contributed by atoms with E-state index >= 15 is 0 Å². The van der Waals surface area contributed by atoms with Crippen LogP contribution in [0.2, 0.25) is 0 Å². The number of rotatable bonds is 6. The molecule has 3 heterocycles. The number of fused-ring (bicyclic) bond motifs is 1. The fraction of sp³-hybridized carbons (Fsp3) is 0.429. The van der Waals surface area contributed by atoms with Crippen LogP contribution in [0.4, 0.5) is 5.82 Å². The van der Waals surface area contributed by atoms with E-state index in [9.17, 15) is 9.59 Å². The minimum absolute atomic E-state index is 0.0189. The Morgan fingerprint density at radius 3 is 2.66 bits per heavy atom. The molecule has 1 fully saturated rings. The lowest BCUT2D eigenvalue weighted by atomic mass is 10.2. The van der Waals surface area contributed by atoms with Gasteiger partial charge in [-0.05, 0) is 43.9 Å². The zero-order valence-electron chi connectivity index (χ0n) is 17.4. The number of carbonyl (C=O) groups is 1. The van der Waals surface area contributed by atoms with Crippen LogP contribution < -0.4 is 10.9 Å². The Balaban J connectivity index is 2.14. The van der Waals surface area contributed by atoms with Gasteiger partial charge in [-0.3, -0.25) is 18.9 Å². The average Bonchev–Trinajstić information content (AvgIpc) is 2.95. The van der Waals surface area contributed by atoms with E-state index in [1.54, 1.807) is 17.2 Å². The zero-order chi connectivity index (χ0) is 21.3. The number of carbonyl (C=O) groups excluding carboxylic acids is 1. The predicted molar refractivity (Wildman–Crippen MR) is 124 cm³/mol. The molecule has 1 N–H and O–H groups in total. The number of hydrogen-bond acceptors (Lipinski definition) is 6. The second-order valence-corrected chi connectivity index (χ2v) is 9.37. The van der Waals surface area contributed by atoms with Gasteiger partial charge in [0.25, 0.3) is 11.5 Å². The van der Waals surface area contributed by atoms with Gasteiger partial charge in [-0.15, -0.1) is 0 Å². The maximum absolute atomic E-state index is 13.3. The smallest absolute Gasteiger partial charge is 0.267 e. The van der Waals surface area contributed by atoms with E-state index in [4.69, 9.17) is 12.2 Å². The van der Waals surface area contributed by atoms with Gasteiger partial charge in [-0.25, -0.2) is 4.98 Å². The molecule has 1 aliphatic rings. The van der Waals surface area contributed by atoms with Crippen LogP contribution in [0.3, 0.4) is 0 Å². The van der Waals surface area contributed by atoms with E-state index in [1.807, 2.05) is 32.9 Å². The highest BCUT2D eigenvalue weighted by molar-refractivity contribution is 8.26. The van der Waals surface area contributed by atoms with Crippen molar-refractivity contribution < 1.29 is 4.79 Å². The fourth-order valence-corrected chi connectivity index (χ4v) is 4.44. The lowest BCUT2D eigenvalue weighted by molar-refractivity contribution is -0.123. The first kappa shape index (κ1) is 21.5. The van der Waals surface area contributed by atoms with Crippen LogP contribution >= 0.6 is 24.0 Å². The third-order valence-electron chi connectivity index (χ3n) is 4.81. The highest BCUT2D eigenvalue weighted by atomic mass is 32.2. The Morgan fingerprint density at radius 2 is 2.00 bits per heavy atom. The molecular formula is C21H26N4O2S2. The molecule has 0 aromatic carbocycles. The third kappa shape index (κ3) is 4.38. The Bertz CT molecular complexity index is 1060. The van der Waals surface area contributed by atoms with Gasteiger partial charge in [0, 0.05) is 18.8 Å². The number of pyridine rings is 1. The van der Waals surface area contributed by atoms with Crippen molar-refractivity contribution in [1.82, 2.24) is 14.3 Å². The maximum Gasteiger partial charge on any atom is 0.267 e. The Kier molecular flexibility index (Phi) is 6.43. The summed E-state index contributed by atoms with van der Waals surface area (Å²) in [5.74, 6) is 0.712. The molecule has 29 heavy (non-hydrogen) atoms. The van der Waals surface area contributed by atoms with Crippen LogP contribution in [0.25, 0.3) is 11.7 Å². The van der Waals surface area contributed by atoms with Crippen molar-refractivity contribution in [3.63, 3.8) is 0 Å². The average molecular weight is 431 g/mol. The van der Waals surface area contributed by atoms with Gasteiger partial charge in [-0.2, -0.15) is 0 Å². The van der Waals surface area contributed by atoms with Crippen LogP contribution in [0, 0.1) is 12.8 Å². The minimum atomic E-state index is -0.209. The number of aryl methyl sites for hydroxylation is 1. The van der Waals surface area contributed by atoms with Gasteiger partial charge in [0.15, 0.2) is 0 Å². The second kappa shape index (κ2) is 8.67. The van der Waals surface area contributed by atoms with E-state index in [-0.39, 0.29) is 17.5 Å². The number of nitrogens with one attached hydrogen (secondary N) is 1. The van der Waals surface area contributed by atoms with Crippen molar-refractivity contribution in [1.29, 1.82) is 0 Å². The van der Waals surface area contributed by atoms with Crippen molar-refractivity contribution in [3.05, 3.63) is 44.7 Å². The number of thioether (sulfide) groups is 1. The summed E-state index contributed by atoms with van der Waals surface area (Å²) in [6, 6.07) is 3.76. The molecule has 2 aromatic heterocycles. The molecule has 1 atom stereocenters. The second-order valence-electron chi connectivity index (χ2n) is 7.70.